The van der Waals surface area contributed by atoms with Gasteiger partial charge in [-0.25, -0.2) is 13.4 Å². The summed E-state index contributed by atoms with van der Waals surface area (Å²) in [5.74, 6) is 0.868. The molecule has 0 unspecified atom stereocenters. The first-order valence-electron chi connectivity index (χ1n) is 6.12. The van der Waals surface area contributed by atoms with Gasteiger partial charge in [-0.1, -0.05) is 6.07 Å². The van der Waals surface area contributed by atoms with E-state index in [1.807, 2.05) is 10.6 Å². The molecule has 0 radical (unpaired) electrons. The highest BCUT2D eigenvalue weighted by atomic mass is 35.5. The number of thiazole rings is 1. The topological polar surface area (TPSA) is 64.8 Å². The SMILES string of the molecule is CS(=O)(=O)c1cccc2c1nc(CCl)n2Cc1cncs1. The lowest BCUT2D eigenvalue weighted by atomic mass is 10.3. The van der Waals surface area contributed by atoms with Crippen LogP contribution >= 0.6 is 22.9 Å². The molecule has 0 N–H and O–H groups in total. The van der Waals surface area contributed by atoms with E-state index < -0.39 is 9.84 Å². The lowest BCUT2D eigenvalue weighted by molar-refractivity contribution is 0.602. The molecule has 0 saturated heterocycles. The molecule has 0 spiro atoms. The summed E-state index contributed by atoms with van der Waals surface area (Å²) in [7, 11) is -3.33. The first-order valence-corrected chi connectivity index (χ1v) is 9.43. The summed E-state index contributed by atoms with van der Waals surface area (Å²) >= 11 is 7.50. The predicted octanol–water partition coefficient (Wildman–Crippen LogP) is 2.68. The van der Waals surface area contributed by atoms with Gasteiger partial charge < -0.3 is 4.57 Å². The molecule has 0 atom stereocenters. The second kappa shape index (κ2) is 5.40. The predicted molar refractivity (Wildman–Crippen MR) is 83.6 cm³/mol. The number of benzene rings is 1. The molecule has 0 aliphatic heterocycles. The number of halogens is 1. The zero-order chi connectivity index (χ0) is 15.0. The third-order valence-corrected chi connectivity index (χ3v) is 5.27. The van der Waals surface area contributed by atoms with Gasteiger partial charge in [0.05, 0.1) is 28.3 Å². The number of alkyl halides is 1. The fourth-order valence-corrected chi connectivity index (χ4v) is 3.84. The molecular weight excluding hydrogens is 330 g/mol. The minimum absolute atomic E-state index is 0.219. The van der Waals surface area contributed by atoms with Gasteiger partial charge in [-0.05, 0) is 12.1 Å². The maximum absolute atomic E-state index is 11.9. The van der Waals surface area contributed by atoms with Crippen LogP contribution in [0.5, 0.6) is 0 Å². The van der Waals surface area contributed by atoms with Crippen LogP contribution in [-0.2, 0) is 22.3 Å². The van der Waals surface area contributed by atoms with Gasteiger partial charge in [0, 0.05) is 17.3 Å². The summed E-state index contributed by atoms with van der Waals surface area (Å²) in [4.78, 5) is 9.76. The van der Waals surface area contributed by atoms with Crippen molar-refractivity contribution in [2.75, 3.05) is 6.26 Å². The Morgan fingerprint density at radius 1 is 1.38 bits per heavy atom. The van der Waals surface area contributed by atoms with Gasteiger partial charge in [0.1, 0.15) is 11.3 Å². The minimum Gasteiger partial charge on any atom is -0.322 e. The Bertz CT molecular complexity index is 886. The van der Waals surface area contributed by atoms with E-state index in [2.05, 4.69) is 9.97 Å². The van der Waals surface area contributed by atoms with Crippen molar-refractivity contribution in [2.24, 2.45) is 0 Å². The molecule has 21 heavy (non-hydrogen) atoms. The molecular formula is C13H12ClN3O2S2. The molecule has 0 fully saturated rings. The number of rotatable bonds is 4. The number of para-hydroxylation sites is 1. The Morgan fingerprint density at radius 3 is 2.81 bits per heavy atom. The number of hydrogen-bond acceptors (Lipinski definition) is 5. The Hall–Kier alpha value is -1.44. The molecule has 8 heteroatoms. The summed E-state index contributed by atoms with van der Waals surface area (Å²) in [6.45, 7) is 0.580. The van der Waals surface area contributed by atoms with Gasteiger partial charge in [-0.3, -0.25) is 4.98 Å². The smallest absolute Gasteiger partial charge is 0.177 e. The quantitative estimate of drug-likeness (QED) is 0.684. The zero-order valence-corrected chi connectivity index (χ0v) is 13.5. The fourth-order valence-electron chi connectivity index (χ4n) is 2.22. The monoisotopic (exact) mass is 341 g/mol. The molecule has 0 aliphatic rings. The summed E-state index contributed by atoms with van der Waals surface area (Å²) in [5, 5.41) is 0. The second-order valence-electron chi connectivity index (χ2n) is 4.61. The van der Waals surface area contributed by atoms with Crippen LogP contribution in [0, 0.1) is 0 Å². The molecule has 5 nitrogen and oxygen atoms in total. The summed E-state index contributed by atoms with van der Waals surface area (Å²) in [5.41, 5.74) is 3.00. The maximum atomic E-state index is 11.9. The standard InChI is InChI=1S/C13H12ClN3O2S2/c1-21(18,19)11-4-2-3-10-13(11)16-12(5-14)17(10)7-9-6-15-8-20-9/h2-4,6,8H,5,7H2,1H3. The van der Waals surface area contributed by atoms with Crippen LogP contribution in [0.4, 0.5) is 0 Å². The summed E-state index contributed by atoms with van der Waals surface area (Å²) in [6, 6.07) is 5.15. The van der Waals surface area contributed by atoms with Crippen LogP contribution in [0.3, 0.4) is 0 Å². The normalized spacial score (nSPS) is 12.1. The van der Waals surface area contributed by atoms with Crippen molar-refractivity contribution in [1.82, 2.24) is 14.5 Å². The van der Waals surface area contributed by atoms with Crippen LogP contribution in [0.15, 0.2) is 34.8 Å². The number of nitrogens with zero attached hydrogens (tertiary/aromatic N) is 3. The van der Waals surface area contributed by atoms with Crippen molar-refractivity contribution in [3.63, 3.8) is 0 Å². The van der Waals surface area contributed by atoms with E-state index in [0.29, 0.717) is 17.9 Å². The van der Waals surface area contributed by atoms with E-state index >= 15 is 0 Å². The molecule has 2 heterocycles. The van der Waals surface area contributed by atoms with Gasteiger partial charge in [0.25, 0.3) is 0 Å². The molecule has 0 saturated carbocycles. The van der Waals surface area contributed by atoms with E-state index in [4.69, 9.17) is 11.6 Å². The van der Waals surface area contributed by atoms with E-state index in [1.165, 1.54) is 17.6 Å². The molecule has 3 aromatic rings. The largest absolute Gasteiger partial charge is 0.322 e. The Morgan fingerprint density at radius 2 is 2.19 bits per heavy atom. The zero-order valence-electron chi connectivity index (χ0n) is 11.2. The minimum atomic E-state index is -3.33. The van der Waals surface area contributed by atoms with Crippen LogP contribution in [0.2, 0.25) is 0 Å². The Kier molecular flexibility index (Phi) is 3.73. The van der Waals surface area contributed by atoms with E-state index in [9.17, 15) is 8.42 Å². The van der Waals surface area contributed by atoms with Gasteiger partial charge in [-0.2, -0.15) is 0 Å². The molecule has 0 amide bonds. The second-order valence-corrected chi connectivity index (χ2v) is 7.83. The van der Waals surface area contributed by atoms with Crippen molar-refractivity contribution in [3.05, 3.63) is 40.6 Å². The van der Waals surface area contributed by atoms with Crippen molar-refractivity contribution in [1.29, 1.82) is 0 Å². The van der Waals surface area contributed by atoms with Crippen molar-refractivity contribution < 1.29 is 8.42 Å². The Balaban J connectivity index is 2.24. The highest BCUT2D eigenvalue weighted by Gasteiger charge is 2.18. The fraction of sp³-hybridized carbons (Fsp3) is 0.231. The molecule has 3 rings (SSSR count). The Labute approximate surface area is 131 Å². The average Bonchev–Trinajstić information content (AvgIpc) is 3.05. The molecule has 0 aliphatic carbocycles. The lowest BCUT2D eigenvalue weighted by Crippen LogP contribution is -2.02. The van der Waals surface area contributed by atoms with Crippen LogP contribution in [0.1, 0.15) is 10.7 Å². The van der Waals surface area contributed by atoms with Gasteiger partial charge in [-0.15, -0.1) is 22.9 Å². The lowest BCUT2D eigenvalue weighted by Gasteiger charge is -2.06. The number of imidazole rings is 1. The van der Waals surface area contributed by atoms with Gasteiger partial charge in [0.15, 0.2) is 9.84 Å². The highest BCUT2D eigenvalue weighted by molar-refractivity contribution is 7.91. The molecule has 1 aromatic carbocycles. The van der Waals surface area contributed by atoms with Gasteiger partial charge >= 0.3 is 0 Å². The van der Waals surface area contributed by atoms with E-state index in [-0.39, 0.29) is 10.8 Å². The van der Waals surface area contributed by atoms with E-state index in [0.717, 1.165) is 10.4 Å². The number of hydrogen-bond donors (Lipinski definition) is 0. The third kappa shape index (κ3) is 2.68. The van der Waals surface area contributed by atoms with Crippen LogP contribution < -0.4 is 0 Å². The average molecular weight is 342 g/mol. The van der Waals surface area contributed by atoms with Gasteiger partial charge in [0.2, 0.25) is 0 Å². The van der Waals surface area contributed by atoms with Crippen molar-refractivity contribution in [3.8, 4) is 0 Å². The molecule has 110 valence electrons. The van der Waals surface area contributed by atoms with Crippen molar-refractivity contribution >= 4 is 43.8 Å². The third-order valence-electron chi connectivity index (χ3n) is 3.14. The first-order chi connectivity index (χ1) is 10.0. The van der Waals surface area contributed by atoms with Crippen LogP contribution in [-0.4, -0.2) is 29.2 Å². The maximum Gasteiger partial charge on any atom is 0.177 e. The first kappa shape index (κ1) is 14.5. The number of aromatic nitrogens is 3. The highest BCUT2D eigenvalue weighted by Crippen LogP contribution is 2.25. The summed E-state index contributed by atoms with van der Waals surface area (Å²) < 4.78 is 25.7. The van der Waals surface area contributed by atoms with Crippen LogP contribution in [0.25, 0.3) is 11.0 Å². The molecule has 0 bridgehead atoms. The molecule has 2 aromatic heterocycles. The van der Waals surface area contributed by atoms with Crippen molar-refractivity contribution in [2.45, 2.75) is 17.3 Å². The number of sulfone groups is 1. The summed E-state index contributed by atoms with van der Waals surface area (Å²) in [6.07, 6.45) is 2.97. The number of fused-ring (bicyclic) bond motifs is 1. The van der Waals surface area contributed by atoms with E-state index in [1.54, 1.807) is 23.8 Å².